The van der Waals surface area contributed by atoms with Crippen molar-refractivity contribution in [2.45, 2.75) is 38.5 Å². The van der Waals surface area contributed by atoms with Crippen LogP contribution in [0.2, 0.25) is 0 Å². The van der Waals surface area contributed by atoms with Crippen molar-refractivity contribution in [3.8, 4) is 28.7 Å². The number of imidazole rings is 1. The molecule has 44 heavy (non-hydrogen) atoms. The fourth-order valence-corrected chi connectivity index (χ4v) is 5.91. The van der Waals surface area contributed by atoms with Gasteiger partial charge in [0.1, 0.15) is 23.7 Å². The van der Waals surface area contributed by atoms with Crippen molar-refractivity contribution in [2.24, 2.45) is 0 Å². The number of benzene rings is 2. The van der Waals surface area contributed by atoms with Gasteiger partial charge in [-0.25, -0.2) is 15.0 Å². The number of anilines is 3. The Morgan fingerprint density at radius 1 is 1.02 bits per heavy atom. The Hall–Kier alpha value is -4.66. The van der Waals surface area contributed by atoms with Crippen LogP contribution in [0.3, 0.4) is 0 Å². The van der Waals surface area contributed by atoms with E-state index < -0.39 is 0 Å². The molecule has 1 N–H and O–H groups in total. The maximum atomic E-state index is 9.62. The summed E-state index contributed by atoms with van der Waals surface area (Å²) in [4.78, 5) is 18.2. The number of hydrogen-bond donors (Lipinski definition) is 1. The van der Waals surface area contributed by atoms with Gasteiger partial charge in [-0.05, 0) is 49.6 Å². The van der Waals surface area contributed by atoms with Gasteiger partial charge in [0, 0.05) is 74.3 Å². The Bertz CT molecular complexity index is 1560. The Balaban J connectivity index is 1.10. The second-order valence-electron chi connectivity index (χ2n) is 11.2. The number of piperidine rings is 1. The Morgan fingerprint density at radius 2 is 1.82 bits per heavy atom. The highest BCUT2D eigenvalue weighted by Gasteiger charge is 2.26. The molecule has 2 fully saturated rings. The third-order valence-corrected chi connectivity index (χ3v) is 8.27. The second kappa shape index (κ2) is 13.8. The molecule has 2 aromatic carbocycles. The molecule has 0 bridgehead atoms. The molecule has 0 amide bonds. The third-order valence-electron chi connectivity index (χ3n) is 8.27. The predicted octanol–water partition coefficient (Wildman–Crippen LogP) is 4.73. The SMILES string of the molecule is COc1cc(N2CCC(N3CCOCC3)CC2)ccc1Nc1ncc(-c2ccc(C#N)c(OC(C)Cn3ccnc3)c2)cn1. The second-order valence-corrected chi connectivity index (χ2v) is 11.2. The minimum Gasteiger partial charge on any atom is -0.494 e. The van der Waals surface area contributed by atoms with Crippen LogP contribution in [0.1, 0.15) is 25.3 Å². The molecule has 1 unspecified atom stereocenters. The summed E-state index contributed by atoms with van der Waals surface area (Å²) in [5.74, 6) is 1.73. The number of hydrogen-bond acceptors (Lipinski definition) is 10. The van der Waals surface area contributed by atoms with E-state index in [1.54, 1.807) is 38.1 Å². The molecular weight excluding hydrogens is 556 g/mol. The summed E-state index contributed by atoms with van der Waals surface area (Å²) < 4.78 is 19.4. The summed E-state index contributed by atoms with van der Waals surface area (Å²) in [6, 6.07) is 14.6. The first-order valence-corrected chi connectivity index (χ1v) is 15.1. The van der Waals surface area contributed by atoms with Crippen LogP contribution in [0.4, 0.5) is 17.3 Å². The van der Waals surface area contributed by atoms with Gasteiger partial charge in [0.2, 0.25) is 5.95 Å². The molecular formula is C33H38N8O3. The first kappa shape index (κ1) is 29.4. The highest BCUT2D eigenvalue weighted by Crippen LogP contribution is 2.34. The van der Waals surface area contributed by atoms with Gasteiger partial charge in [-0.1, -0.05) is 6.07 Å². The normalized spacial score (nSPS) is 16.7. The van der Waals surface area contributed by atoms with Crippen LogP contribution in [0.15, 0.2) is 67.5 Å². The van der Waals surface area contributed by atoms with Gasteiger partial charge < -0.3 is 29.0 Å². The molecule has 0 spiro atoms. The fraction of sp³-hybridized carbons (Fsp3) is 0.394. The molecule has 0 aliphatic carbocycles. The summed E-state index contributed by atoms with van der Waals surface area (Å²) in [6.07, 6.45) is 11.0. The number of aromatic nitrogens is 4. The molecule has 4 heterocycles. The third kappa shape index (κ3) is 6.93. The largest absolute Gasteiger partial charge is 0.494 e. The number of nitriles is 1. The minimum absolute atomic E-state index is 0.155. The summed E-state index contributed by atoms with van der Waals surface area (Å²) in [6.45, 7) is 8.40. The molecule has 1 atom stereocenters. The number of nitrogens with zero attached hydrogens (tertiary/aromatic N) is 7. The van der Waals surface area contributed by atoms with Crippen LogP contribution < -0.4 is 19.7 Å². The van der Waals surface area contributed by atoms with E-state index in [9.17, 15) is 5.26 Å². The lowest BCUT2D eigenvalue weighted by molar-refractivity contribution is 0.0115. The van der Waals surface area contributed by atoms with Gasteiger partial charge in [-0.2, -0.15) is 5.26 Å². The number of methoxy groups -OCH3 is 1. The number of rotatable bonds is 10. The Kier molecular flexibility index (Phi) is 9.20. The van der Waals surface area contributed by atoms with Gasteiger partial charge in [-0.3, -0.25) is 4.90 Å². The standard InChI is InChI=1S/C33H38N8O3/c1-24(22-39-12-9-35-23-39)44-31-17-25(3-4-26(31)19-34)27-20-36-33(37-21-27)38-30-6-5-29(18-32(30)42-2)40-10-7-28(8-11-40)41-13-15-43-16-14-41/h3-6,9,12,17-18,20-21,23-24,28H,7-8,10-11,13-16,22H2,1-2H3,(H,36,37,38). The minimum atomic E-state index is -0.155. The first-order chi connectivity index (χ1) is 21.6. The van der Waals surface area contributed by atoms with E-state index in [1.807, 2.05) is 35.9 Å². The zero-order valence-corrected chi connectivity index (χ0v) is 25.2. The van der Waals surface area contributed by atoms with E-state index in [0.29, 0.717) is 29.8 Å². The number of ether oxygens (including phenoxy) is 3. The fourth-order valence-electron chi connectivity index (χ4n) is 5.91. The van der Waals surface area contributed by atoms with Crippen LogP contribution in [-0.4, -0.2) is 83.1 Å². The average Bonchev–Trinajstić information content (AvgIpc) is 3.58. The van der Waals surface area contributed by atoms with Gasteiger partial charge in [0.15, 0.2) is 0 Å². The zero-order chi connectivity index (χ0) is 30.3. The van der Waals surface area contributed by atoms with Crippen molar-refractivity contribution < 1.29 is 14.2 Å². The smallest absolute Gasteiger partial charge is 0.227 e. The van der Waals surface area contributed by atoms with E-state index in [1.165, 1.54) is 0 Å². The van der Waals surface area contributed by atoms with Gasteiger partial charge in [0.25, 0.3) is 0 Å². The summed E-state index contributed by atoms with van der Waals surface area (Å²) in [5, 5.41) is 12.9. The predicted molar refractivity (Wildman–Crippen MR) is 168 cm³/mol. The van der Waals surface area contributed by atoms with E-state index >= 15 is 0 Å². The number of morpholine rings is 1. The lowest BCUT2D eigenvalue weighted by Crippen LogP contribution is -2.49. The van der Waals surface area contributed by atoms with Crippen molar-refractivity contribution in [1.82, 2.24) is 24.4 Å². The van der Waals surface area contributed by atoms with E-state index in [4.69, 9.17) is 14.2 Å². The van der Waals surface area contributed by atoms with Crippen molar-refractivity contribution in [1.29, 1.82) is 5.26 Å². The van der Waals surface area contributed by atoms with E-state index in [-0.39, 0.29) is 6.10 Å². The molecule has 11 heteroatoms. The zero-order valence-electron chi connectivity index (χ0n) is 25.2. The molecule has 2 aliphatic heterocycles. The lowest BCUT2D eigenvalue weighted by atomic mass is 10.0. The summed E-state index contributed by atoms with van der Waals surface area (Å²) >= 11 is 0. The molecule has 2 aromatic heterocycles. The van der Waals surface area contributed by atoms with Crippen LogP contribution in [-0.2, 0) is 11.3 Å². The number of nitrogens with one attached hydrogen (secondary N) is 1. The molecule has 0 radical (unpaired) electrons. The first-order valence-electron chi connectivity index (χ1n) is 15.1. The van der Waals surface area contributed by atoms with Crippen LogP contribution in [0, 0.1) is 11.3 Å². The van der Waals surface area contributed by atoms with Gasteiger partial charge in [-0.15, -0.1) is 0 Å². The van der Waals surface area contributed by atoms with Crippen molar-refractivity contribution in [3.05, 3.63) is 73.1 Å². The van der Waals surface area contributed by atoms with Crippen molar-refractivity contribution in [3.63, 3.8) is 0 Å². The van der Waals surface area contributed by atoms with Crippen LogP contribution in [0.5, 0.6) is 11.5 Å². The molecule has 0 saturated carbocycles. The maximum Gasteiger partial charge on any atom is 0.227 e. The quantitative estimate of drug-likeness (QED) is 0.276. The average molecular weight is 595 g/mol. The maximum absolute atomic E-state index is 9.62. The van der Waals surface area contributed by atoms with E-state index in [2.05, 4.69) is 48.3 Å². The molecule has 2 aliphatic rings. The van der Waals surface area contributed by atoms with Crippen molar-refractivity contribution in [2.75, 3.05) is 56.7 Å². The molecule has 2 saturated heterocycles. The molecule has 6 rings (SSSR count). The summed E-state index contributed by atoms with van der Waals surface area (Å²) in [7, 11) is 1.68. The molecule has 4 aromatic rings. The highest BCUT2D eigenvalue weighted by atomic mass is 16.5. The Morgan fingerprint density at radius 3 is 2.52 bits per heavy atom. The molecule has 11 nitrogen and oxygen atoms in total. The highest BCUT2D eigenvalue weighted by molar-refractivity contribution is 5.70. The monoisotopic (exact) mass is 594 g/mol. The topological polar surface area (TPSA) is 114 Å². The van der Waals surface area contributed by atoms with Crippen LogP contribution >= 0.6 is 0 Å². The van der Waals surface area contributed by atoms with E-state index in [0.717, 1.165) is 80.5 Å². The van der Waals surface area contributed by atoms with Gasteiger partial charge in [0.05, 0.1) is 44.4 Å². The molecule has 228 valence electrons. The summed E-state index contributed by atoms with van der Waals surface area (Å²) in [5.41, 5.74) is 4.10. The van der Waals surface area contributed by atoms with Gasteiger partial charge >= 0.3 is 0 Å². The van der Waals surface area contributed by atoms with Crippen molar-refractivity contribution >= 4 is 17.3 Å². The van der Waals surface area contributed by atoms with Crippen LogP contribution in [0.25, 0.3) is 11.1 Å². The lowest BCUT2D eigenvalue weighted by Gasteiger charge is -2.40. The Labute approximate surface area is 258 Å².